The molecule has 0 unspecified atom stereocenters. The average Bonchev–Trinajstić information content (AvgIpc) is 2.10. The Labute approximate surface area is 84.7 Å². The van der Waals surface area contributed by atoms with E-state index in [0.29, 0.717) is 7.11 Å². The van der Waals surface area contributed by atoms with E-state index >= 15 is 0 Å². The quantitative estimate of drug-likeness (QED) is 0.439. The van der Waals surface area contributed by atoms with Crippen LogP contribution in [0.25, 0.3) is 0 Å². The van der Waals surface area contributed by atoms with Crippen molar-refractivity contribution in [2.45, 2.75) is 18.5 Å². The first-order valence-electron chi connectivity index (χ1n) is 3.60. The van der Waals surface area contributed by atoms with Crippen LogP contribution >= 0.6 is 0 Å². The summed E-state index contributed by atoms with van der Waals surface area (Å²) in [6.45, 7) is 0. The van der Waals surface area contributed by atoms with Crippen molar-refractivity contribution >= 4 is 5.97 Å². The molecule has 0 N–H and O–H groups in total. The molecule has 2 nitrogen and oxygen atoms in total. The van der Waals surface area contributed by atoms with Gasteiger partial charge in [-0.05, 0) is 0 Å². The molecule has 0 amide bonds. The summed E-state index contributed by atoms with van der Waals surface area (Å²) in [5.74, 6) is -7.34. The van der Waals surface area contributed by atoms with Crippen molar-refractivity contribution in [2.75, 3.05) is 7.11 Å². The molecule has 0 radical (unpaired) electrons. The zero-order chi connectivity index (χ0) is 13.1. The minimum atomic E-state index is -6.01. The monoisotopic (exact) mass is 254 g/mol. The van der Waals surface area contributed by atoms with Crippen LogP contribution in [0.4, 0.5) is 30.7 Å². The van der Waals surface area contributed by atoms with Crippen molar-refractivity contribution in [1.82, 2.24) is 0 Å². The fraction of sp³-hybridized carbons (Fsp3) is 0.571. The Morgan fingerprint density at radius 2 is 1.56 bits per heavy atom. The maximum absolute atomic E-state index is 12.3. The standard InChI is InChI=1S/C7H5F7O2/c1-16-5(15)3(4(8)9)2-6(10,11)7(12,13)14/h2H2,1H3. The van der Waals surface area contributed by atoms with Crippen LogP contribution in [-0.4, -0.2) is 25.2 Å². The van der Waals surface area contributed by atoms with Gasteiger partial charge in [0, 0.05) is 0 Å². The normalized spacial score (nSPS) is 12.2. The van der Waals surface area contributed by atoms with Gasteiger partial charge in [0.15, 0.2) is 0 Å². The van der Waals surface area contributed by atoms with E-state index < -0.39 is 36.1 Å². The topological polar surface area (TPSA) is 26.3 Å². The van der Waals surface area contributed by atoms with Crippen LogP contribution in [-0.2, 0) is 9.53 Å². The number of hydrogen-bond acceptors (Lipinski definition) is 2. The summed E-state index contributed by atoms with van der Waals surface area (Å²) in [4.78, 5) is 10.5. The molecule has 0 aromatic rings. The van der Waals surface area contributed by atoms with Gasteiger partial charge in [-0.2, -0.15) is 30.7 Å². The lowest BCUT2D eigenvalue weighted by Crippen LogP contribution is -2.37. The molecule has 0 aromatic heterocycles. The maximum Gasteiger partial charge on any atom is 0.453 e. The smallest absolute Gasteiger partial charge is 0.453 e. The molecule has 0 rings (SSSR count). The van der Waals surface area contributed by atoms with E-state index in [1.54, 1.807) is 0 Å². The Morgan fingerprint density at radius 1 is 1.12 bits per heavy atom. The van der Waals surface area contributed by atoms with Gasteiger partial charge in [-0.1, -0.05) is 0 Å². The van der Waals surface area contributed by atoms with Crippen molar-refractivity contribution in [1.29, 1.82) is 0 Å². The number of hydrogen-bond donors (Lipinski definition) is 0. The Hall–Kier alpha value is -1.28. The highest BCUT2D eigenvalue weighted by molar-refractivity contribution is 5.88. The lowest BCUT2D eigenvalue weighted by molar-refractivity contribution is -0.281. The molecule has 9 heteroatoms. The minimum absolute atomic E-state index is 0.580. The van der Waals surface area contributed by atoms with Gasteiger partial charge in [-0.15, -0.1) is 0 Å². The van der Waals surface area contributed by atoms with Crippen molar-refractivity contribution in [3.63, 3.8) is 0 Å². The largest absolute Gasteiger partial charge is 0.466 e. The van der Waals surface area contributed by atoms with Gasteiger partial charge in [0.2, 0.25) is 0 Å². The molecule has 0 aliphatic rings. The van der Waals surface area contributed by atoms with Crippen molar-refractivity contribution in [3.8, 4) is 0 Å². The molecule has 0 heterocycles. The van der Waals surface area contributed by atoms with Crippen molar-refractivity contribution in [3.05, 3.63) is 11.7 Å². The number of esters is 1. The zero-order valence-electron chi connectivity index (χ0n) is 7.67. The van der Waals surface area contributed by atoms with Crippen LogP contribution in [0, 0.1) is 0 Å². The van der Waals surface area contributed by atoms with Gasteiger partial charge in [0.05, 0.1) is 13.5 Å². The third-order valence-corrected chi connectivity index (χ3v) is 1.47. The third-order valence-electron chi connectivity index (χ3n) is 1.47. The van der Waals surface area contributed by atoms with Crippen molar-refractivity contribution < 1.29 is 40.3 Å². The first-order chi connectivity index (χ1) is 7.03. The lowest BCUT2D eigenvalue weighted by atomic mass is 10.1. The lowest BCUT2D eigenvalue weighted by Gasteiger charge is -2.19. The highest BCUT2D eigenvalue weighted by atomic mass is 19.4. The molecule has 0 atom stereocenters. The fourth-order valence-electron chi connectivity index (χ4n) is 0.662. The summed E-state index contributed by atoms with van der Waals surface area (Å²) in [5.41, 5.74) is -2.00. The number of rotatable bonds is 3. The van der Waals surface area contributed by atoms with Crippen LogP contribution in [0.15, 0.2) is 11.7 Å². The van der Waals surface area contributed by atoms with Gasteiger partial charge in [0.1, 0.15) is 5.57 Å². The molecule has 0 bridgehead atoms. The third kappa shape index (κ3) is 3.38. The second kappa shape index (κ2) is 4.71. The van der Waals surface area contributed by atoms with Gasteiger partial charge in [0.25, 0.3) is 6.08 Å². The molecular formula is C7H5F7O2. The molecule has 0 spiro atoms. The van der Waals surface area contributed by atoms with Gasteiger partial charge < -0.3 is 4.74 Å². The van der Waals surface area contributed by atoms with Gasteiger partial charge in [-0.25, -0.2) is 4.79 Å². The first kappa shape index (κ1) is 14.7. The maximum atomic E-state index is 12.3. The van der Waals surface area contributed by atoms with Crippen LogP contribution in [0.5, 0.6) is 0 Å². The predicted octanol–water partition coefficient (Wildman–Crippen LogP) is 2.90. The summed E-state index contributed by atoms with van der Waals surface area (Å²) in [5, 5.41) is 0. The number of ether oxygens (including phenoxy) is 1. The molecule has 16 heavy (non-hydrogen) atoms. The Balaban J connectivity index is 5.09. The predicted molar refractivity (Wildman–Crippen MR) is 36.9 cm³/mol. The van der Waals surface area contributed by atoms with Gasteiger partial charge >= 0.3 is 18.1 Å². The van der Waals surface area contributed by atoms with E-state index in [4.69, 9.17) is 0 Å². The summed E-state index contributed by atoms with van der Waals surface area (Å²) < 4.78 is 87.2. The molecule has 0 aromatic carbocycles. The molecule has 0 saturated heterocycles. The van der Waals surface area contributed by atoms with E-state index in [2.05, 4.69) is 4.74 Å². The second-order valence-electron chi connectivity index (χ2n) is 2.61. The van der Waals surface area contributed by atoms with E-state index in [1.165, 1.54) is 0 Å². The van der Waals surface area contributed by atoms with E-state index in [0.717, 1.165) is 0 Å². The fourth-order valence-corrected chi connectivity index (χ4v) is 0.662. The van der Waals surface area contributed by atoms with E-state index in [1.807, 2.05) is 0 Å². The van der Waals surface area contributed by atoms with Crippen molar-refractivity contribution in [2.24, 2.45) is 0 Å². The SMILES string of the molecule is COC(=O)C(CC(F)(F)C(F)(F)F)=C(F)F. The number of methoxy groups -OCH3 is 1. The Kier molecular flexibility index (Phi) is 4.33. The highest BCUT2D eigenvalue weighted by Gasteiger charge is 2.58. The molecule has 0 aliphatic heterocycles. The van der Waals surface area contributed by atoms with Gasteiger partial charge in [-0.3, -0.25) is 0 Å². The van der Waals surface area contributed by atoms with E-state index in [-0.39, 0.29) is 0 Å². The van der Waals surface area contributed by atoms with Crippen LogP contribution in [0.1, 0.15) is 6.42 Å². The molecule has 0 fully saturated rings. The number of carbonyl (C=O) groups excluding carboxylic acids is 1. The average molecular weight is 254 g/mol. The minimum Gasteiger partial charge on any atom is -0.466 e. The summed E-state index contributed by atoms with van der Waals surface area (Å²) in [6.07, 6.45) is -11.4. The summed E-state index contributed by atoms with van der Waals surface area (Å²) in [7, 11) is 0.580. The number of alkyl halides is 5. The summed E-state index contributed by atoms with van der Waals surface area (Å²) in [6, 6.07) is 0. The molecule has 94 valence electrons. The van der Waals surface area contributed by atoms with E-state index in [9.17, 15) is 35.5 Å². The first-order valence-corrected chi connectivity index (χ1v) is 3.60. The van der Waals surface area contributed by atoms with Crippen LogP contribution in [0.2, 0.25) is 0 Å². The zero-order valence-corrected chi connectivity index (χ0v) is 7.67. The summed E-state index contributed by atoms with van der Waals surface area (Å²) >= 11 is 0. The Morgan fingerprint density at radius 3 is 1.81 bits per heavy atom. The van der Waals surface area contributed by atoms with Crippen LogP contribution < -0.4 is 0 Å². The number of carbonyl (C=O) groups is 1. The highest BCUT2D eigenvalue weighted by Crippen LogP contribution is 2.40. The molecule has 0 saturated carbocycles. The molecule has 0 aliphatic carbocycles. The Bertz CT molecular complexity index is 300. The molecular weight excluding hydrogens is 249 g/mol. The van der Waals surface area contributed by atoms with Crippen LogP contribution in [0.3, 0.4) is 0 Å². The number of halogens is 7. The second-order valence-corrected chi connectivity index (χ2v) is 2.61.